The Kier molecular flexibility index (Phi) is 7.22. The van der Waals surface area contributed by atoms with Gasteiger partial charge in [-0.05, 0) is 71.7 Å². The minimum absolute atomic E-state index is 0.0874. The molecule has 0 saturated heterocycles. The van der Waals surface area contributed by atoms with Gasteiger partial charge >= 0.3 is 0 Å². The van der Waals surface area contributed by atoms with Crippen molar-refractivity contribution >= 4 is 42.6 Å². The van der Waals surface area contributed by atoms with E-state index in [0.29, 0.717) is 24.2 Å². The van der Waals surface area contributed by atoms with Crippen molar-refractivity contribution in [2.75, 3.05) is 7.11 Å². The van der Waals surface area contributed by atoms with Crippen LogP contribution in [0.5, 0.6) is 11.5 Å². The van der Waals surface area contributed by atoms with Gasteiger partial charge in [-0.2, -0.15) is 0 Å². The number of carbonyl (C=O) groups excluding carboxylic acids is 1. The largest absolute Gasteiger partial charge is 0.497 e. The third-order valence-corrected chi connectivity index (χ3v) is 8.74. The molecule has 1 amide bonds. The van der Waals surface area contributed by atoms with E-state index < -0.39 is 21.8 Å². The summed E-state index contributed by atoms with van der Waals surface area (Å²) < 4.78 is 41.2. The van der Waals surface area contributed by atoms with Gasteiger partial charge in [0.25, 0.3) is 10.0 Å². The summed E-state index contributed by atoms with van der Waals surface area (Å²) in [4.78, 5) is 13.5. The standard InChI is InChI=1S/C29H26BrNO5S/c1-35-21-10-4-7-19(17-21)18-36-26-16-15-25(30)28-23(26)12-6-13-24(28)29(32)31-37(33,34)27-14-5-9-20-8-2-3-11-22(20)27/h2-5,7-11,14-17,24H,6,12-13,18H2,1H3,(H,31,32). The summed E-state index contributed by atoms with van der Waals surface area (Å²) in [6, 6.07) is 23.7. The summed E-state index contributed by atoms with van der Waals surface area (Å²) in [7, 11) is -2.45. The lowest BCUT2D eigenvalue weighted by molar-refractivity contribution is -0.121. The number of benzene rings is 4. The molecule has 0 aliphatic heterocycles. The highest BCUT2D eigenvalue weighted by molar-refractivity contribution is 9.10. The molecular formula is C29H26BrNO5S. The maximum atomic E-state index is 13.4. The number of halogens is 1. The Labute approximate surface area is 224 Å². The van der Waals surface area contributed by atoms with E-state index in [0.717, 1.165) is 45.1 Å². The van der Waals surface area contributed by atoms with Crippen molar-refractivity contribution in [2.24, 2.45) is 0 Å². The minimum Gasteiger partial charge on any atom is -0.497 e. The highest BCUT2D eigenvalue weighted by Crippen LogP contribution is 2.42. The first-order valence-corrected chi connectivity index (χ1v) is 14.3. The number of carbonyl (C=O) groups is 1. The van der Waals surface area contributed by atoms with Crippen LogP contribution < -0.4 is 14.2 Å². The molecule has 37 heavy (non-hydrogen) atoms. The number of amides is 1. The lowest BCUT2D eigenvalue weighted by Crippen LogP contribution is -2.36. The van der Waals surface area contributed by atoms with Gasteiger partial charge in [0, 0.05) is 9.86 Å². The lowest BCUT2D eigenvalue weighted by Gasteiger charge is -2.27. The van der Waals surface area contributed by atoms with Crippen LogP contribution in [0.4, 0.5) is 0 Å². The smallest absolute Gasteiger partial charge is 0.264 e. The van der Waals surface area contributed by atoms with Gasteiger partial charge in [-0.25, -0.2) is 13.1 Å². The highest BCUT2D eigenvalue weighted by Gasteiger charge is 2.33. The van der Waals surface area contributed by atoms with Crippen LogP contribution >= 0.6 is 15.9 Å². The van der Waals surface area contributed by atoms with Crippen molar-refractivity contribution in [3.8, 4) is 11.5 Å². The van der Waals surface area contributed by atoms with E-state index in [1.165, 1.54) is 6.07 Å². The van der Waals surface area contributed by atoms with E-state index in [9.17, 15) is 13.2 Å². The summed E-state index contributed by atoms with van der Waals surface area (Å²) in [5.74, 6) is 0.279. The number of rotatable bonds is 7. The molecule has 1 atom stereocenters. The van der Waals surface area contributed by atoms with Crippen LogP contribution in [0.3, 0.4) is 0 Å². The average Bonchev–Trinajstić information content (AvgIpc) is 2.92. The molecular weight excluding hydrogens is 554 g/mol. The molecule has 0 heterocycles. The van der Waals surface area contributed by atoms with Crippen LogP contribution in [-0.4, -0.2) is 21.4 Å². The Morgan fingerprint density at radius 2 is 1.81 bits per heavy atom. The Balaban J connectivity index is 1.41. The summed E-state index contributed by atoms with van der Waals surface area (Å²) in [6.07, 6.45) is 2.02. The van der Waals surface area contributed by atoms with Crippen LogP contribution in [0, 0.1) is 0 Å². The molecule has 1 aliphatic carbocycles. The molecule has 5 rings (SSSR count). The Hall–Kier alpha value is -3.36. The van der Waals surface area contributed by atoms with Crippen LogP contribution in [0.2, 0.25) is 0 Å². The molecule has 1 unspecified atom stereocenters. The van der Waals surface area contributed by atoms with E-state index >= 15 is 0 Å². The number of hydrogen-bond acceptors (Lipinski definition) is 5. The zero-order valence-corrected chi connectivity index (χ0v) is 22.6. The third kappa shape index (κ3) is 5.22. The number of ether oxygens (including phenoxy) is 2. The molecule has 8 heteroatoms. The van der Waals surface area contributed by atoms with Crippen molar-refractivity contribution in [1.29, 1.82) is 0 Å². The normalized spacial score (nSPS) is 15.1. The molecule has 4 aromatic rings. The number of hydrogen-bond donors (Lipinski definition) is 1. The first kappa shape index (κ1) is 25.3. The van der Waals surface area contributed by atoms with Gasteiger partial charge < -0.3 is 9.47 Å². The van der Waals surface area contributed by atoms with Gasteiger partial charge in [0.1, 0.15) is 18.1 Å². The molecule has 0 bridgehead atoms. The minimum atomic E-state index is -4.07. The second kappa shape index (κ2) is 10.6. The Morgan fingerprint density at radius 3 is 2.65 bits per heavy atom. The molecule has 1 N–H and O–H groups in total. The van der Waals surface area contributed by atoms with Gasteiger partial charge in [-0.1, -0.05) is 64.5 Å². The van der Waals surface area contributed by atoms with Crippen molar-refractivity contribution in [2.45, 2.75) is 36.7 Å². The van der Waals surface area contributed by atoms with E-state index in [1.54, 1.807) is 25.3 Å². The lowest BCUT2D eigenvalue weighted by atomic mass is 9.82. The molecule has 0 spiro atoms. The van der Waals surface area contributed by atoms with Crippen LogP contribution in [0.15, 0.2) is 88.2 Å². The van der Waals surface area contributed by atoms with Gasteiger partial charge in [0.2, 0.25) is 5.91 Å². The SMILES string of the molecule is COc1cccc(COc2ccc(Br)c3c2CCCC3C(=O)NS(=O)(=O)c2cccc3ccccc23)c1. The molecule has 190 valence electrons. The molecule has 1 aliphatic rings. The number of nitrogens with one attached hydrogen (secondary N) is 1. The molecule has 0 radical (unpaired) electrons. The summed E-state index contributed by atoms with van der Waals surface area (Å²) in [5, 5.41) is 1.37. The summed E-state index contributed by atoms with van der Waals surface area (Å²) in [5.41, 5.74) is 2.66. The van der Waals surface area contributed by atoms with E-state index in [2.05, 4.69) is 20.7 Å². The molecule has 6 nitrogen and oxygen atoms in total. The number of sulfonamides is 1. The van der Waals surface area contributed by atoms with Crippen LogP contribution in [0.25, 0.3) is 10.8 Å². The van der Waals surface area contributed by atoms with Gasteiger partial charge in [0.05, 0.1) is 17.9 Å². The zero-order valence-electron chi connectivity index (χ0n) is 20.2. The predicted octanol–water partition coefficient (Wildman–Crippen LogP) is 6.11. The van der Waals surface area contributed by atoms with Crippen molar-refractivity contribution in [3.05, 3.63) is 100 Å². The Bertz CT molecular complexity index is 1580. The maximum Gasteiger partial charge on any atom is 0.264 e. The van der Waals surface area contributed by atoms with Crippen LogP contribution in [0.1, 0.15) is 35.4 Å². The fourth-order valence-corrected chi connectivity index (χ4v) is 6.79. The highest BCUT2D eigenvalue weighted by atomic mass is 79.9. The quantitative estimate of drug-likeness (QED) is 0.285. The molecule has 0 fully saturated rings. The molecule has 4 aromatic carbocycles. The fourth-order valence-electron chi connectivity index (χ4n) is 4.89. The first-order valence-electron chi connectivity index (χ1n) is 12.0. The monoisotopic (exact) mass is 579 g/mol. The Morgan fingerprint density at radius 1 is 1.03 bits per heavy atom. The summed E-state index contributed by atoms with van der Waals surface area (Å²) >= 11 is 3.60. The average molecular weight is 581 g/mol. The van der Waals surface area contributed by atoms with Gasteiger partial charge in [0.15, 0.2) is 0 Å². The van der Waals surface area contributed by atoms with E-state index in [-0.39, 0.29) is 4.90 Å². The topological polar surface area (TPSA) is 81.7 Å². The van der Waals surface area contributed by atoms with Crippen LogP contribution in [-0.2, 0) is 27.8 Å². The summed E-state index contributed by atoms with van der Waals surface area (Å²) in [6.45, 7) is 0.345. The van der Waals surface area contributed by atoms with Crippen molar-refractivity contribution in [1.82, 2.24) is 4.72 Å². The zero-order chi connectivity index (χ0) is 26.0. The van der Waals surface area contributed by atoms with Crippen molar-refractivity contribution < 1.29 is 22.7 Å². The number of fused-ring (bicyclic) bond motifs is 2. The third-order valence-electron chi connectivity index (χ3n) is 6.65. The molecule has 0 saturated carbocycles. The second-order valence-electron chi connectivity index (χ2n) is 8.97. The predicted molar refractivity (Wildman–Crippen MR) is 146 cm³/mol. The van der Waals surface area contributed by atoms with Gasteiger partial charge in [-0.15, -0.1) is 0 Å². The van der Waals surface area contributed by atoms with Crippen molar-refractivity contribution in [3.63, 3.8) is 0 Å². The molecule has 0 aromatic heterocycles. The second-order valence-corrected chi connectivity index (χ2v) is 11.5. The maximum absolute atomic E-state index is 13.4. The number of methoxy groups -OCH3 is 1. The van der Waals surface area contributed by atoms with Gasteiger partial charge in [-0.3, -0.25) is 4.79 Å². The van der Waals surface area contributed by atoms with E-state index in [4.69, 9.17) is 9.47 Å². The van der Waals surface area contributed by atoms with E-state index in [1.807, 2.05) is 54.6 Å². The first-order chi connectivity index (χ1) is 17.9. The fraction of sp³-hybridized carbons (Fsp3) is 0.207.